The molecule has 144 valence electrons. The number of hydrogen-bond acceptors (Lipinski definition) is 5. The summed E-state index contributed by atoms with van der Waals surface area (Å²) in [6, 6.07) is 21.0. The molecule has 0 saturated carbocycles. The van der Waals surface area contributed by atoms with Crippen LogP contribution in [0.5, 0.6) is 5.75 Å². The largest absolute Gasteiger partial charge is 0.497 e. The van der Waals surface area contributed by atoms with Crippen molar-refractivity contribution >= 4 is 34.0 Å². The van der Waals surface area contributed by atoms with Gasteiger partial charge in [-0.25, -0.2) is 4.98 Å². The highest BCUT2D eigenvalue weighted by atomic mass is 16.5. The highest BCUT2D eigenvalue weighted by Gasteiger charge is 2.07. The van der Waals surface area contributed by atoms with Crippen LogP contribution >= 0.6 is 0 Å². The summed E-state index contributed by atoms with van der Waals surface area (Å²) in [5.74, 6) is 1.15. The molecule has 2 aromatic carbocycles. The van der Waals surface area contributed by atoms with Crippen molar-refractivity contribution in [3.05, 3.63) is 84.7 Å². The SMILES string of the molecule is COc1ccc(CC(=O)Nc2ccc(Nc3cccc4cccnc34)cn2)cc1. The molecule has 0 spiro atoms. The number of anilines is 3. The Labute approximate surface area is 168 Å². The van der Waals surface area contributed by atoms with Gasteiger partial charge in [0.15, 0.2) is 0 Å². The Morgan fingerprint density at radius 2 is 1.79 bits per heavy atom. The molecule has 29 heavy (non-hydrogen) atoms. The Kier molecular flexibility index (Phi) is 5.33. The number of para-hydroxylation sites is 1. The summed E-state index contributed by atoms with van der Waals surface area (Å²) in [4.78, 5) is 21.0. The average molecular weight is 384 g/mol. The molecule has 0 atom stereocenters. The van der Waals surface area contributed by atoms with Crippen molar-refractivity contribution in [1.29, 1.82) is 0 Å². The van der Waals surface area contributed by atoms with Crippen LogP contribution in [0, 0.1) is 0 Å². The van der Waals surface area contributed by atoms with Gasteiger partial charge in [-0.2, -0.15) is 0 Å². The topological polar surface area (TPSA) is 76.1 Å². The van der Waals surface area contributed by atoms with Gasteiger partial charge < -0.3 is 15.4 Å². The van der Waals surface area contributed by atoms with E-state index in [4.69, 9.17) is 4.74 Å². The van der Waals surface area contributed by atoms with E-state index >= 15 is 0 Å². The highest BCUT2D eigenvalue weighted by Crippen LogP contribution is 2.24. The fourth-order valence-corrected chi connectivity index (χ4v) is 3.02. The van der Waals surface area contributed by atoms with Gasteiger partial charge in [0.05, 0.1) is 36.6 Å². The zero-order valence-electron chi connectivity index (χ0n) is 15.9. The molecule has 0 bridgehead atoms. The van der Waals surface area contributed by atoms with Crippen LogP contribution in [0.2, 0.25) is 0 Å². The number of methoxy groups -OCH3 is 1. The predicted octanol–water partition coefficient (Wildman–Crippen LogP) is 4.56. The summed E-state index contributed by atoms with van der Waals surface area (Å²) in [5, 5.41) is 7.21. The number of pyridine rings is 2. The minimum absolute atomic E-state index is 0.123. The number of carbonyl (C=O) groups is 1. The second kappa shape index (κ2) is 8.39. The van der Waals surface area contributed by atoms with E-state index in [1.54, 1.807) is 25.6 Å². The van der Waals surface area contributed by atoms with Crippen LogP contribution in [-0.2, 0) is 11.2 Å². The van der Waals surface area contributed by atoms with E-state index in [0.717, 1.165) is 33.6 Å². The van der Waals surface area contributed by atoms with Gasteiger partial charge in [-0.1, -0.05) is 30.3 Å². The van der Waals surface area contributed by atoms with Crippen LogP contribution in [0.15, 0.2) is 79.1 Å². The monoisotopic (exact) mass is 384 g/mol. The van der Waals surface area contributed by atoms with Crippen molar-refractivity contribution in [2.45, 2.75) is 6.42 Å². The first-order valence-electron chi connectivity index (χ1n) is 9.21. The Morgan fingerprint density at radius 1 is 0.966 bits per heavy atom. The van der Waals surface area contributed by atoms with Gasteiger partial charge in [0.25, 0.3) is 0 Å². The van der Waals surface area contributed by atoms with Crippen LogP contribution in [0.1, 0.15) is 5.56 Å². The fourth-order valence-electron chi connectivity index (χ4n) is 3.02. The lowest BCUT2D eigenvalue weighted by atomic mass is 10.1. The molecule has 6 heteroatoms. The number of nitrogens with zero attached hydrogens (tertiary/aromatic N) is 2. The average Bonchev–Trinajstić information content (AvgIpc) is 2.76. The summed E-state index contributed by atoms with van der Waals surface area (Å²) < 4.78 is 5.13. The van der Waals surface area contributed by atoms with Gasteiger partial charge in [0.1, 0.15) is 11.6 Å². The van der Waals surface area contributed by atoms with E-state index in [0.29, 0.717) is 5.82 Å². The van der Waals surface area contributed by atoms with Gasteiger partial charge in [0.2, 0.25) is 5.91 Å². The third-order valence-corrected chi connectivity index (χ3v) is 4.47. The zero-order valence-corrected chi connectivity index (χ0v) is 15.9. The van der Waals surface area contributed by atoms with Gasteiger partial charge >= 0.3 is 0 Å². The highest BCUT2D eigenvalue weighted by molar-refractivity contribution is 5.93. The van der Waals surface area contributed by atoms with Crippen molar-refractivity contribution in [2.75, 3.05) is 17.7 Å². The summed E-state index contributed by atoms with van der Waals surface area (Å²) in [6.07, 6.45) is 3.73. The standard InChI is InChI=1S/C23H20N4O2/c1-29-19-10-7-16(8-11-19)14-22(28)27-21-12-9-18(15-25-21)26-20-6-2-4-17-5-3-13-24-23(17)20/h2-13,15,26H,14H2,1H3,(H,25,27,28). The number of amides is 1. The number of nitrogens with one attached hydrogen (secondary N) is 2. The van der Waals surface area contributed by atoms with Crippen LogP contribution < -0.4 is 15.4 Å². The summed E-state index contributed by atoms with van der Waals surface area (Å²) in [6.45, 7) is 0. The molecule has 4 rings (SSSR count). The summed E-state index contributed by atoms with van der Waals surface area (Å²) in [5.41, 5.74) is 3.52. The van der Waals surface area contributed by atoms with Crippen LogP contribution in [-0.4, -0.2) is 23.0 Å². The molecule has 1 amide bonds. The van der Waals surface area contributed by atoms with Crippen molar-refractivity contribution in [3.63, 3.8) is 0 Å². The molecule has 2 heterocycles. The number of benzene rings is 2. The van der Waals surface area contributed by atoms with Gasteiger partial charge in [-0.15, -0.1) is 0 Å². The van der Waals surface area contributed by atoms with E-state index in [1.807, 2.05) is 60.7 Å². The van der Waals surface area contributed by atoms with Gasteiger partial charge in [-0.05, 0) is 42.0 Å². The summed E-state index contributed by atoms with van der Waals surface area (Å²) >= 11 is 0. The van der Waals surface area contributed by atoms with E-state index in [9.17, 15) is 4.79 Å². The molecule has 2 aromatic heterocycles. The van der Waals surface area contributed by atoms with E-state index < -0.39 is 0 Å². The number of rotatable bonds is 6. The Hall–Kier alpha value is -3.93. The molecular formula is C23H20N4O2. The molecule has 0 aliphatic carbocycles. The Bertz CT molecular complexity index is 1120. The first-order chi connectivity index (χ1) is 14.2. The Balaban J connectivity index is 1.40. The zero-order chi connectivity index (χ0) is 20.1. The van der Waals surface area contributed by atoms with Crippen molar-refractivity contribution < 1.29 is 9.53 Å². The van der Waals surface area contributed by atoms with Crippen LogP contribution in [0.25, 0.3) is 10.9 Å². The second-order valence-corrected chi connectivity index (χ2v) is 6.51. The Morgan fingerprint density at radius 3 is 2.55 bits per heavy atom. The molecule has 2 N–H and O–H groups in total. The van der Waals surface area contributed by atoms with Crippen LogP contribution in [0.4, 0.5) is 17.2 Å². The quantitative estimate of drug-likeness (QED) is 0.509. The lowest BCUT2D eigenvalue weighted by molar-refractivity contribution is -0.115. The fraction of sp³-hybridized carbons (Fsp3) is 0.0870. The normalized spacial score (nSPS) is 10.5. The number of carbonyl (C=O) groups excluding carboxylic acids is 1. The number of hydrogen-bond donors (Lipinski definition) is 2. The molecule has 4 aromatic rings. The molecule has 0 saturated heterocycles. The maximum Gasteiger partial charge on any atom is 0.229 e. The molecule has 6 nitrogen and oxygen atoms in total. The molecular weight excluding hydrogens is 364 g/mol. The van der Waals surface area contributed by atoms with Crippen LogP contribution in [0.3, 0.4) is 0 Å². The maximum absolute atomic E-state index is 12.3. The number of ether oxygens (including phenoxy) is 1. The third kappa shape index (κ3) is 4.50. The molecule has 0 unspecified atom stereocenters. The predicted molar refractivity (Wildman–Crippen MR) is 115 cm³/mol. The first-order valence-corrected chi connectivity index (χ1v) is 9.21. The van der Waals surface area contributed by atoms with E-state index in [-0.39, 0.29) is 12.3 Å². The molecule has 0 aliphatic rings. The molecule has 0 aliphatic heterocycles. The lowest BCUT2D eigenvalue weighted by Crippen LogP contribution is -2.15. The second-order valence-electron chi connectivity index (χ2n) is 6.51. The van der Waals surface area contributed by atoms with Gasteiger partial charge in [-0.3, -0.25) is 9.78 Å². The number of aromatic nitrogens is 2. The first kappa shape index (κ1) is 18.4. The maximum atomic E-state index is 12.3. The minimum atomic E-state index is -0.123. The van der Waals surface area contributed by atoms with E-state index in [2.05, 4.69) is 20.6 Å². The van der Waals surface area contributed by atoms with Crippen molar-refractivity contribution in [3.8, 4) is 5.75 Å². The molecule has 0 fully saturated rings. The third-order valence-electron chi connectivity index (χ3n) is 4.47. The smallest absolute Gasteiger partial charge is 0.229 e. The van der Waals surface area contributed by atoms with Crippen molar-refractivity contribution in [2.24, 2.45) is 0 Å². The van der Waals surface area contributed by atoms with Crippen molar-refractivity contribution in [1.82, 2.24) is 9.97 Å². The summed E-state index contributed by atoms with van der Waals surface area (Å²) in [7, 11) is 1.61. The number of fused-ring (bicyclic) bond motifs is 1. The van der Waals surface area contributed by atoms with Gasteiger partial charge in [0, 0.05) is 11.6 Å². The minimum Gasteiger partial charge on any atom is -0.497 e. The lowest BCUT2D eigenvalue weighted by Gasteiger charge is -2.10. The molecule has 0 radical (unpaired) electrons. The van der Waals surface area contributed by atoms with E-state index in [1.165, 1.54) is 0 Å².